The molecule has 1 aromatic heterocycles. The van der Waals surface area contributed by atoms with E-state index in [9.17, 15) is 14.7 Å². The summed E-state index contributed by atoms with van der Waals surface area (Å²) in [5.74, 6) is -1.26. The van der Waals surface area contributed by atoms with Gasteiger partial charge < -0.3 is 10.4 Å². The van der Waals surface area contributed by atoms with E-state index in [1.54, 1.807) is 0 Å². The average Bonchev–Trinajstić information content (AvgIpc) is 2.77. The van der Waals surface area contributed by atoms with E-state index in [-0.39, 0.29) is 5.91 Å². The zero-order valence-electron chi connectivity index (χ0n) is 10.2. The fraction of sp³-hybridized carbons (Fsp3) is 0.583. The monoisotopic (exact) mass is 268 g/mol. The molecule has 1 aliphatic carbocycles. The number of aliphatic carboxylic acids is 1. The first kappa shape index (κ1) is 13.0. The summed E-state index contributed by atoms with van der Waals surface area (Å²) in [6.45, 7) is 1.81. The lowest BCUT2D eigenvalue weighted by atomic mass is 9.81. The van der Waals surface area contributed by atoms with Crippen LogP contribution in [0.25, 0.3) is 0 Å². The number of aryl methyl sites for hydroxylation is 1. The molecule has 0 radical (unpaired) electrons. The van der Waals surface area contributed by atoms with E-state index in [0.717, 1.165) is 24.3 Å². The van der Waals surface area contributed by atoms with Crippen molar-refractivity contribution in [1.29, 1.82) is 0 Å². The Bertz CT molecular complexity index is 464. The predicted molar refractivity (Wildman–Crippen MR) is 67.8 cm³/mol. The molecular weight excluding hydrogens is 252 g/mol. The smallest absolute Gasteiger partial charge is 0.329 e. The number of hydrogen-bond acceptors (Lipinski definition) is 4. The van der Waals surface area contributed by atoms with Gasteiger partial charge in [0.2, 0.25) is 0 Å². The SMILES string of the molecule is Cc1ncc(C(=O)NC2(C(=O)O)CCCCC2)s1. The lowest BCUT2D eigenvalue weighted by Crippen LogP contribution is -2.55. The van der Waals surface area contributed by atoms with Crippen molar-refractivity contribution in [2.75, 3.05) is 0 Å². The Morgan fingerprint density at radius 1 is 1.39 bits per heavy atom. The summed E-state index contributed by atoms with van der Waals surface area (Å²) in [5.41, 5.74) is -1.09. The summed E-state index contributed by atoms with van der Waals surface area (Å²) in [5, 5.41) is 12.9. The molecule has 1 aromatic rings. The van der Waals surface area contributed by atoms with Crippen molar-refractivity contribution in [2.45, 2.75) is 44.6 Å². The number of nitrogens with zero attached hydrogens (tertiary/aromatic N) is 1. The van der Waals surface area contributed by atoms with Gasteiger partial charge in [0, 0.05) is 0 Å². The Balaban J connectivity index is 2.14. The van der Waals surface area contributed by atoms with Crippen LogP contribution in [0.2, 0.25) is 0 Å². The van der Waals surface area contributed by atoms with Crippen LogP contribution in [-0.2, 0) is 4.79 Å². The van der Waals surface area contributed by atoms with Gasteiger partial charge in [-0.3, -0.25) is 4.79 Å². The third-order valence-corrected chi connectivity index (χ3v) is 4.23. The van der Waals surface area contributed by atoms with Gasteiger partial charge in [-0.2, -0.15) is 0 Å². The molecule has 18 heavy (non-hydrogen) atoms. The normalized spacial score (nSPS) is 18.3. The van der Waals surface area contributed by atoms with E-state index in [2.05, 4.69) is 10.3 Å². The van der Waals surface area contributed by atoms with E-state index in [1.807, 2.05) is 6.92 Å². The molecule has 1 aliphatic rings. The van der Waals surface area contributed by atoms with Crippen LogP contribution in [0.15, 0.2) is 6.20 Å². The van der Waals surface area contributed by atoms with E-state index >= 15 is 0 Å². The number of amides is 1. The molecule has 0 aliphatic heterocycles. The molecule has 0 unspecified atom stereocenters. The number of aromatic nitrogens is 1. The quantitative estimate of drug-likeness (QED) is 0.878. The first-order valence-electron chi connectivity index (χ1n) is 6.02. The van der Waals surface area contributed by atoms with Crippen molar-refractivity contribution in [1.82, 2.24) is 10.3 Å². The van der Waals surface area contributed by atoms with Crippen molar-refractivity contribution in [3.63, 3.8) is 0 Å². The summed E-state index contributed by atoms with van der Waals surface area (Å²) in [4.78, 5) is 27.9. The Morgan fingerprint density at radius 3 is 2.56 bits per heavy atom. The fourth-order valence-electron chi connectivity index (χ4n) is 2.29. The highest BCUT2D eigenvalue weighted by atomic mass is 32.1. The second-order valence-electron chi connectivity index (χ2n) is 4.65. The van der Waals surface area contributed by atoms with Gasteiger partial charge in [0.1, 0.15) is 10.4 Å². The largest absolute Gasteiger partial charge is 0.480 e. The zero-order valence-corrected chi connectivity index (χ0v) is 11.0. The first-order valence-corrected chi connectivity index (χ1v) is 6.83. The number of hydrogen-bond donors (Lipinski definition) is 2. The summed E-state index contributed by atoms with van der Waals surface area (Å²) in [7, 11) is 0. The van der Waals surface area contributed by atoms with E-state index in [0.29, 0.717) is 17.7 Å². The molecule has 1 saturated carbocycles. The van der Waals surface area contributed by atoms with Crippen LogP contribution in [-0.4, -0.2) is 27.5 Å². The minimum atomic E-state index is -1.09. The van der Waals surface area contributed by atoms with Gasteiger partial charge in [-0.1, -0.05) is 19.3 Å². The first-order chi connectivity index (χ1) is 8.53. The van der Waals surface area contributed by atoms with Crippen LogP contribution < -0.4 is 5.32 Å². The van der Waals surface area contributed by atoms with E-state index < -0.39 is 11.5 Å². The average molecular weight is 268 g/mol. The minimum absolute atomic E-state index is 0.329. The standard InChI is InChI=1S/C12H16N2O3S/c1-8-13-7-9(18-8)10(15)14-12(11(16)17)5-3-2-4-6-12/h7H,2-6H2,1H3,(H,14,15)(H,16,17). The molecule has 1 fully saturated rings. The van der Waals surface area contributed by atoms with E-state index in [1.165, 1.54) is 17.5 Å². The molecule has 1 heterocycles. The topological polar surface area (TPSA) is 79.3 Å². The number of rotatable bonds is 3. The van der Waals surface area contributed by atoms with Gasteiger partial charge in [-0.05, 0) is 19.8 Å². The van der Waals surface area contributed by atoms with Crippen LogP contribution in [0, 0.1) is 6.92 Å². The molecule has 0 bridgehead atoms. The number of carboxylic acids is 1. The third kappa shape index (κ3) is 2.53. The van der Waals surface area contributed by atoms with Gasteiger partial charge in [-0.25, -0.2) is 9.78 Å². The number of carboxylic acid groups (broad SMARTS) is 1. The van der Waals surface area contributed by atoms with E-state index in [4.69, 9.17) is 0 Å². The molecule has 98 valence electrons. The fourth-order valence-corrected chi connectivity index (χ4v) is 2.97. The third-order valence-electron chi connectivity index (χ3n) is 3.31. The number of carbonyl (C=O) groups excluding carboxylic acids is 1. The molecule has 0 atom stereocenters. The minimum Gasteiger partial charge on any atom is -0.480 e. The highest BCUT2D eigenvalue weighted by Gasteiger charge is 2.41. The van der Waals surface area contributed by atoms with Crippen molar-refractivity contribution in [3.05, 3.63) is 16.1 Å². The second kappa shape index (κ2) is 5.06. The van der Waals surface area contributed by atoms with Crippen molar-refractivity contribution in [3.8, 4) is 0 Å². The van der Waals surface area contributed by atoms with Gasteiger partial charge in [0.05, 0.1) is 11.2 Å². The maximum Gasteiger partial charge on any atom is 0.329 e. The van der Waals surface area contributed by atoms with Crippen LogP contribution in [0.3, 0.4) is 0 Å². The molecule has 2 rings (SSSR count). The molecular formula is C12H16N2O3S. The lowest BCUT2D eigenvalue weighted by Gasteiger charge is -2.33. The highest BCUT2D eigenvalue weighted by molar-refractivity contribution is 7.13. The molecule has 0 spiro atoms. The summed E-state index contributed by atoms with van der Waals surface area (Å²) in [6, 6.07) is 0. The van der Waals surface area contributed by atoms with Gasteiger partial charge >= 0.3 is 5.97 Å². The summed E-state index contributed by atoms with van der Waals surface area (Å²) < 4.78 is 0. The second-order valence-corrected chi connectivity index (χ2v) is 5.88. The Morgan fingerprint density at radius 2 is 2.06 bits per heavy atom. The zero-order chi connectivity index (χ0) is 13.2. The Hall–Kier alpha value is -1.43. The maximum atomic E-state index is 12.0. The van der Waals surface area contributed by atoms with Crippen LogP contribution in [0.1, 0.15) is 46.8 Å². The molecule has 0 saturated heterocycles. The number of thiazole rings is 1. The van der Waals surface area contributed by atoms with Crippen LogP contribution >= 0.6 is 11.3 Å². The molecule has 5 nitrogen and oxygen atoms in total. The van der Waals surface area contributed by atoms with Gasteiger partial charge in [0.15, 0.2) is 0 Å². The van der Waals surface area contributed by atoms with Gasteiger partial charge in [0.25, 0.3) is 5.91 Å². The van der Waals surface area contributed by atoms with Gasteiger partial charge in [-0.15, -0.1) is 11.3 Å². The van der Waals surface area contributed by atoms with Crippen molar-refractivity contribution in [2.24, 2.45) is 0 Å². The summed E-state index contributed by atoms with van der Waals surface area (Å²) in [6.07, 6.45) is 5.22. The van der Waals surface area contributed by atoms with Crippen molar-refractivity contribution < 1.29 is 14.7 Å². The van der Waals surface area contributed by atoms with Crippen LogP contribution in [0.4, 0.5) is 0 Å². The molecule has 2 N–H and O–H groups in total. The van der Waals surface area contributed by atoms with Crippen LogP contribution in [0.5, 0.6) is 0 Å². The number of nitrogens with one attached hydrogen (secondary N) is 1. The molecule has 1 amide bonds. The Labute approximate surface area is 109 Å². The molecule has 0 aromatic carbocycles. The number of carbonyl (C=O) groups is 2. The molecule has 6 heteroatoms. The Kier molecular flexibility index (Phi) is 3.65. The van der Waals surface area contributed by atoms with Crippen molar-refractivity contribution >= 4 is 23.2 Å². The summed E-state index contributed by atoms with van der Waals surface area (Å²) >= 11 is 1.28. The lowest BCUT2D eigenvalue weighted by molar-refractivity contribution is -0.145. The highest BCUT2D eigenvalue weighted by Crippen LogP contribution is 2.29. The maximum absolute atomic E-state index is 12.0. The predicted octanol–water partition coefficient (Wildman–Crippen LogP) is 1.97.